The van der Waals surface area contributed by atoms with Crippen LogP contribution in [-0.2, 0) is 4.79 Å². The summed E-state index contributed by atoms with van der Waals surface area (Å²) in [6.07, 6.45) is 3.22. The van der Waals surface area contributed by atoms with Crippen LogP contribution in [0.4, 0.5) is 0 Å². The largest absolute Gasteiger partial charge is 0.480 e. The number of thioether (sulfide) groups is 1. The summed E-state index contributed by atoms with van der Waals surface area (Å²) >= 11 is 2.82. The SMILES string of the molecule is CCCC(C)(Sc1nccs1)C(=O)O. The van der Waals surface area contributed by atoms with Crippen LogP contribution in [0.2, 0.25) is 0 Å². The Balaban J connectivity index is 2.74. The maximum atomic E-state index is 11.1. The van der Waals surface area contributed by atoms with Gasteiger partial charge in [0.15, 0.2) is 4.34 Å². The van der Waals surface area contributed by atoms with Crippen LogP contribution in [0.5, 0.6) is 0 Å². The molecule has 0 aliphatic heterocycles. The summed E-state index contributed by atoms with van der Waals surface area (Å²) in [5.74, 6) is -0.764. The molecule has 0 spiro atoms. The van der Waals surface area contributed by atoms with Crippen LogP contribution in [0.25, 0.3) is 0 Å². The fourth-order valence-corrected chi connectivity index (χ4v) is 3.30. The molecule has 0 radical (unpaired) electrons. The Kier molecular flexibility index (Phi) is 3.95. The number of nitrogens with zero attached hydrogens (tertiary/aromatic N) is 1. The molecule has 0 aliphatic rings. The number of hydrogen-bond acceptors (Lipinski definition) is 4. The van der Waals surface area contributed by atoms with Crippen molar-refractivity contribution in [2.45, 2.75) is 35.8 Å². The molecule has 5 heteroatoms. The van der Waals surface area contributed by atoms with Crippen molar-refractivity contribution in [2.24, 2.45) is 0 Å². The third-order valence-electron chi connectivity index (χ3n) is 1.90. The number of rotatable bonds is 5. The van der Waals surface area contributed by atoms with Crippen molar-refractivity contribution < 1.29 is 9.90 Å². The van der Waals surface area contributed by atoms with Crippen molar-refractivity contribution in [3.8, 4) is 0 Å². The molecule has 0 aliphatic carbocycles. The van der Waals surface area contributed by atoms with E-state index in [2.05, 4.69) is 4.98 Å². The van der Waals surface area contributed by atoms with Crippen LogP contribution in [0.3, 0.4) is 0 Å². The summed E-state index contributed by atoms with van der Waals surface area (Å²) in [6, 6.07) is 0. The Labute approximate surface area is 91.6 Å². The van der Waals surface area contributed by atoms with Crippen LogP contribution >= 0.6 is 23.1 Å². The Morgan fingerprint density at radius 3 is 2.93 bits per heavy atom. The van der Waals surface area contributed by atoms with Gasteiger partial charge < -0.3 is 5.11 Å². The van der Waals surface area contributed by atoms with Crippen molar-refractivity contribution in [3.05, 3.63) is 11.6 Å². The highest BCUT2D eigenvalue weighted by molar-refractivity contribution is 8.03. The maximum absolute atomic E-state index is 11.1. The van der Waals surface area contributed by atoms with Crippen LogP contribution < -0.4 is 0 Å². The molecule has 0 saturated carbocycles. The predicted octanol–water partition coefficient (Wildman–Crippen LogP) is 2.88. The van der Waals surface area contributed by atoms with Gasteiger partial charge in [-0.3, -0.25) is 4.79 Å². The molecular formula is C9H13NO2S2. The lowest BCUT2D eigenvalue weighted by Gasteiger charge is -2.21. The monoisotopic (exact) mass is 231 g/mol. The molecule has 3 nitrogen and oxygen atoms in total. The topological polar surface area (TPSA) is 50.2 Å². The minimum Gasteiger partial charge on any atom is -0.480 e. The quantitative estimate of drug-likeness (QED) is 0.792. The van der Waals surface area contributed by atoms with Crippen LogP contribution in [0.1, 0.15) is 26.7 Å². The molecule has 0 amide bonds. The highest BCUT2D eigenvalue weighted by Gasteiger charge is 2.34. The second-order valence-corrected chi connectivity index (χ2v) is 5.83. The summed E-state index contributed by atoms with van der Waals surface area (Å²) in [4.78, 5) is 15.2. The number of aromatic nitrogens is 1. The van der Waals surface area contributed by atoms with Crippen LogP contribution in [0.15, 0.2) is 15.9 Å². The first kappa shape index (κ1) is 11.5. The Morgan fingerprint density at radius 2 is 2.50 bits per heavy atom. The molecule has 0 saturated heterocycles. The van der Waals surface area contributed by atoms with Gasteiger partial charge in [-0.05, 0) is 13.3 Å². The predicted molar refractivity (Wildman–Crippen MR) is 58.9 cm³/mol. The average molecular weight is 231 g/mol. The van der Waals surface area contributed by atoms with E-state index < -0.39 is 10.7 Å². The Bertz CT molecular complexity index is 300. The van der Waals surface area contributed by atoms with E-state index in [9.17, 15) is 4.79 Å². The highest BCUT2D eigenvalue weighted by Crippen LogP contribution is 2.37. The van der Waals surface area contributed by atoms with Crippen molar-refractivity contribution in [1.82, 2.24) is 4.98 Å². The van der Waals surface area contributed by atoms with E-state index in [1.54, 1.807) is 13.1 Å². The molecule has 78 valence electrons. The molecule has 0 aromatic carbocycles. The van der Waals surface area contributed by atoms with E-state index in [0.29, 0.717) is 6.42 Å². The number of aliphatic carboxylic acids is 1. The molecule has 1 atom stereocenters. The van der Waals surface area contributed by atoms with E-state index in [4.69, 9.17) is 5.11 Å². The van der Waals surface area contributed by atoms with E-state index in [-0.39, 0.29) is 0 Å². The van der Waals surface area contributed by atoms with Gasteiger partial charge in [-0.25, -0.2) is 4.98 Å². The zero-order chi connectivity index (χ0) is 10.6. The summed E-state index contributed by atoms with van der Waals surface area (Å²) in [5, 5.41) is 11.0. The number of carboxylic acids is 1. The van der Waals surface area contributed by atoms with Gasteiger partial charge in [0, 0.05) is 11.6 Å². The molecule has 1 aromatic heterocycles. The fourth-order valence-electron chi connectivity index (χ4n) is 1.13. The highest BCUT2D eigenvalue weighted by atomic mass is 32.2. The third kappa shape index (κ3) is 2.72. The second-order valence-electron chi connectivity index (χ2n) is 3.19. The van der Waals surface area contributed by atoms with Gasteiger partial charge in [0.1, 0.15) is 4.75 Å². The summed E-state index contributed by atoms with van der Waals surface area (Å²) in [5.41, 5.74) is 0. The number of hydrogen-bond donors (Lipinski definition) is 1. The lowest BCUT2D eigenvalue weighted by molar-refractivity contribution is -0.139. The zero-order valence-corrected chi connectivity index (χ0v) is 9.82. The normalized spacial score (nSPS) is 15.0. The van der Waals surface area contributed by atoms with Crippen LogP contribution in [0, 0.1) is 0 Å². The number of thiazole rings is 1. The molecule has 1 heterocycles. The molecular weight excluding hydrogens is 218 g/mol. The number of carbonyl (C=O) groups is 1. The lowest BCUT2D eigenvalue weighted by atomic mass is 10.1. The smallest absolute Gasteiger partial charge is 0.319 e. The minimum atomic E-state index is -0.764. The van der Waals surface area contributed by atoms with E-state index >= 15 is 0 Å². The molecule has 0 fully saturated rings. The maximum Gasteiger partial charge on any atom is 0.319 e. The van der Waals surface area contributed by atoms with Crippen molar-refractivity contribution >= 4 is 29.1 Å². The minimum absolute atomic E-state index is 0.659. The summed E-state index contributed by atoms with van der Waals surface area (Å²) in [6.45, 7) is 3.74. The van der Waals surface area contributed by atoms with Gasteiger partial charge in [-0.1, -0.05) is 25.1 Å². The van der Waals surface area contributed by atoms with E-state index in [1.807, 2.05) is 12.3 Å². The first-order valence-electron chi connectivity index (χ1n) is 4.40. The first-order chi connectivity index (χ1) is 6.58. The molecule has 1 N–H and O–H groups in total. The van der Waals surface area contributed by atoms with Crippen molar-refractivity contribution in [1.29, 1.82) is 0 Å². The zero-order valence-electron chi connectivity index (χ0n) is 8.19. The van der Waals surface area contributed by atoms with Gasteiger partial charge in [0.05, 0.1) is 0 Å². The number of carboxylic acid groups (broad SMARTS) is 1. The second kappa shape index (κ2) is 4.79. The molecule has 0 bridgehead atoms. The molecule has 1 aromatic rings. The van der Waals surface area contributed by atoms with Gasteiger partial charge in [-0.15, -0.1) is 11.3 Å². The van der Waals surface area contributed by atoms with E-state index in [0.717, 1.165) is 10.8 Å². The van der Waals surface area contributed by atoms with E-state index in [1.165, 1.54) is 23.1 Å². The fraction of sp³-hybridized carbons (Fsp3) is 0.556. The summed E-state index contributed by atoms with van der Waals surface area (Å²) < 4.78 is 0.0791. The molecule has 1 unspecified atom stereocenters. The third-order valence-corrected chi connectivity index (χ3v) is 4.11. The summed E-state index contributed by atoms with van der Waals surface area (Å²) in [7, 11) is 0. The van der Waals surface area contributed by atoms with Gasteiger partial charge in [-0.2, -0.15) is 0 Å². The molecule has 14 heavy (non-hydrogen) atoms. The van der Waals surface area contributed by atoms with Gasteiger partial charge in [0.2, 0.25) is 0 Å². The molecule has 1 rings (SSSR count). The van der Waals surface area contributed by atoms with Crippen LogP contribution in [-0.4, -0.2) is 20.8 Å². The van der Waals surface area contributed by atoms with Gasteiger partial charge in [0.25, 0.3) is 0 Å². The van der Waals surface area contributed by atoms with Crippen molar-refractivity contribution in [2.75, 3.05) is 0 Å². The Hall–Kier alpha value is -0.550. The Morgan fingerprint density at radius 1 is 1.79 bits per heavy atom. The first-order valence-corrected chi connectivity index (χ1v) is 6.10. The standard InChI is InChI=1S/C9H13NO2S2/c1-3-4-9(2,7(11)12)14-8-10-5-6-13-8/h5-6H,3-4H2,1-2H3,(H,11,12). The van der Waals surface area contributed by atoms with Gasteiger partial charge >= 0.3 is 5.97 Å². The van der Waals surface area contributed by atoms with Crippen molar-refractivity contribution in [3.63, 3.8) is 0 Å². The average Bonchev–Trinajstić information content (AvgIpc) is 2.56. The lowest BCUT2D eigenvalue weighted by Crippen LogP contribution is -2.30.